The van der Waals surface area contributed by atoms with Crippen LogP contribution in [0.2, 0.25) is 0 Å². The van der Waals surface area contributed by atoms with E-state index in [4.69, 9.17) is 0 Å². The van der Waals surface area contributed by atoms with Crippen molar-refractivity contribution in [3.05, 3.63) is 40.6 Å². The number of aromatic nitrogens is 5. The molecule has 0 bridgehead atoms. The van der Waals surface area contributed by atoms with Gasteiger partial charge in [-0.2, -0.15) is 20.1 Å². The van der Waals surface area contributed by atoms with E-state index >= 15 is 0 Å². The van der Waals surface area contributed by atoms with Crippen LogP contribution in [0.5, 0.6) is 0 Å². The van der Waals surface area contributed by atoms with Crippen molar-refractivity contribution in [3.63, 3.8) is 0 Å². The molecule has 1 aliphatic heterocycles. The molecule has 124 valence electrons. The fourth-order valence-corrected chi connectivity index (χ4v) is 2.79. The van der Waals surface area contributed by atoms with E-state index in [1.165, 1.54) is 0 Å². The predicted molar refractivity (Wildman–Crippen MR) is 87.1 cm³/mol. The molecule has 0 atom stereocenters. The summed E-state index contributed by atoms with van der Waals surface area (Å²) in [5.41, 5.74) is 0.896. The van der Waals surface area contributed by atoms with Crippen LogP contribution < -0.4 is 5.56 Å². The van der Waals surface area contributed by atoms with E-state index in [-0.39, 0.29) is 11.0 Å². The maximum Gasteiger partial charge on any atom is 0.266 e. The Kier molecular flexibility index (Phi) is 4.30. The van der Waals surface area contributed by atoms with Gasteiger partial charge in [0.2, 0.25) is 0 Å². The third kappa shape index (κ3) is 3.85. The minimum atomic E-state index is -0.0438. The van der Waals surface area contributed by atoms with Gasteiger partial charge in [0.05, 0.1) is 31.2 Å². The average Bonchev–Trinajstić information content (AvgIpc) is 2.95. The second-order valence-corrected chi connectivity index (χ2v) is 7.24. The lowest BCUT2D eigenvalue weighted by atomic mass is 9.92. The summed E-state index contributed by atoms with van der Waals surface area (Å²) in [5, 5.41) is 12.7. The first-order chi connectivity index (χ1) is 10.9. The van der Waals surface area contributed by atoms with Gasteiger partial charge in [-0.3, -0.25) is 4.79 Å². The molecular formula is C16H24N6O. The number of rotatable bonds is 5. The molecule has 0 unspecified atom stereocenters. The minimum absolute atomic E-state index is 0.0165. The molecule has 3 heterocycles. The SMILES string of the molecule is CC(C)(C)c1ccc(=O)n(CC2CN(CCn3nccn3)C2)n1. The highest BCUT2D eigenvalue weighted by atomic mass is 16.1. The molecular weight excluding hydrogens is 292 g/mol. The number of nitrogens with zero attached hydrogens (tertiary/aromatic N) is 6. The lowest BCUT2D eigenvalue weighted by molar-refractivity contribution is 0.0777. The molecule has 0 aliphatic carbocycles. The molecule has 23 heavy (non-hydrogen) atoms. The molecule has 7 heteroatoms. The first-order valence-electron chi connectivity index (χ1n) is 8.07. The van der Waals surface area contributed by atoms with Gasteiger partial charge < -0.3 is 4.90 Å². The molecule has 2 aromatic heterocycles. The Bertz CT molecular complexity index is 694. The van der Waals surface area contributed by atoms with Gasteiger partial charge in [0, 0.05) is 37.0 Å². The Morgan fingerprint density at radius 1 is 1.13 bits per heavy atom. The fourth-order valence-electron chi connectivity index (χ4n) is 2.79. The Morgan fingerprint density at radius 2 is 1.83 bits per heavy atom. The zero-order valence-electron chi connectivity index (χ0n) is 14.0. The first-order valence-corrected chi connectivity index (χ1v) is 8.07. The summed E-state index contributed by atoms with van der Waals surface area (Å²) in [7, 11) is 0. The second-order valence-electron chi connectivity index (χ2n) is 7.24. The highest BCUT2D eigenvalue weighted by Gasteiger charge is 2.27. The standard InChI is InChI=1S/C16H24N6O/c1-16(2,3)14-4-5-15(23)21(19-14)12-13-10-20(11-13)8-9-22-17-6-7-18-22/h4-7,13H,8-12H2,1-3H3. The largest absolute Gasteiger partial charge is 0.301 e. The lowest BCUT2D eigenvalue weighted by Crippen LogP contribution is -2.50. The maximum absolute atomic E-state index is 12.0. The van der Waals surface area contributed by atoms with E-state index < -0.39 is 0 Å². The average molecular weight is 316 g/mol. The van der Waals surface area contributed by atoms with Crippen molar-refractivity contribution in [2.24, 2.45) is 5.92 Å². The minimum Gasteiger partial charge on any atom is -0.301 e. The zero-order valence-corrected chi connectivity index (χ0v) is 14.0. The van der Waals surface area contributed by atoms with E-state index in [9.17, 15) is 4.79 Å². The van der Waals surface area contributed by atoms with Crippen molar-refractivity contribution >= 4 is 0 Å². The summed E-state index contributed by atoms with van der Waals surface area (Å²) < 4.78 is 1.62. The van der Waals surface area contributed by atoms with Gasteiger partial charge in [0.1, 0.15) is 0 Å². The third-order valence-electron chi connectivity index (χ3n) is 4.18. The van der Waals surface area contributed by atoms with Crippen LogP contribution in [0.4, 0.5) is 0 Å². The zero-order chi connectivity index (χ0) is 16.4. The quantitative estimate of drug-likeness (QED) is 0.815. The molecule has 1 saturated heterocycles. The number of likely N-dealkylation sites (tertiary alicyclic amines) is 1. The van der Waals surface area contributed by atoms with Crippen molar-refractivity contribution in [1.29, 1.82) is 0 Å². The van der Waals surface area contributed by atoms with Crippen LogP contribution in [0.1, 0.15) is 26.5 Å². The molecule has 0 amide bonds. The van der Waals surface area contributed by atoms with Crippen LogP contribution in [0.25, 0.3) is 0 Å². The van der Waals surface area contributed by atoms with Crippen molar-refractivity contribution in [1.82, 2.24) is 29.7 Å². The molecule has 3 rings (SSSR count). The Morgan fingerprint density at radius 3 is 2.48 bits per heavy atom. The topological polar surface area (TPSA) is 68.8 Å². The van der Waals surface area contributed by atoms with Crippen LogP contribution in [-0.2, 0) is 18.5 Å². The van der Waals surface area contributed by atoms with Crippen LogP contribution >= 0.6 is 0 Å². The van der Waals surface area contributed by atoms with Crippen LogP contribution in [0, 0.1) is 5.92 Å². The first kappa shape index (κ1) is 15.9. The molecule has 0 aromatic carbocycles. The predicted octanol–water partition coefficient (Wildman–Crippen LogP) is 0.764. The normalized spacial score (nSPS) is 16.5. The van der Waals surface area contributed by atoms with Gasteiger partial charge in [0.15, 0.2) is 0 Å². The molecule has 0 spiro atoms. The third-order valence-corrected chi connectivity index (χ3v) is 4.18. The van der Waals surface area contributed by atoms with Gasteiger partial charge in [-0.05, 0) is 6.07 Å². The van der Waals surface area contributed by atoms with E-state index in [2.05, 4.69) is 41.0 Å². The summed E-state index contributed by atoms with van der Waals surface area (Å²) in [6.45, 7) is 10.8. The molecule has 0 radical (unpaired) electrons. The Labute approximate surface area is 135 Å². The number of hydrogen-bond donors (Lipinski definition) is 0. The summed E-state index contributed by atoms with van der Waals surface area (Å²) in [6, 6.07) is 3.47. The lowest BCUT2D eigenvalue weighted by Gasteiger charge is -2.39. The molecule has 0 saturated carbocycles. The Balaban J connectivity index is 1.52. The highest BCUT2D eigenvalue weighted by Crippen LogP contribution is 2.19. The number of hydrogen-bond acceptors (Lipinski definition) is 5. The Hall–Kier alpha value is -2.02. The van der Waals surface area contributed by atoms with Crippen molar-refractivity contribution in [2.75, 3.05) is 19.6 Å². The van der Waals surface area contributed by atoms with Crippen molar-refractivity contribution in [2.45, 2.75) is 39.3 Å². The van der Waals surface area contributed by atoms with Gasteiger partial charge in [-0.1, -0.05) is 20.8 Å². The monoisotopic (exact) mass is 316 g/mol. The van der Waals surface area contributed by atoms with E-state index in [1.54, 1.807) is 27.9 Å². The smallest absolute Gasteiger partial charge is 0.266 e. The van der Waals surface area contributed by atoms with Crippen LogP contribution in [0.3, 0.4) is 0 Å². The van der Waals surface area contributed by atoms with Gasteiger partial charge in [-0.25, -0.2) is 4.68 Å². The van der Waals surface area contributed by atoms with Crippen LogP contribution in [-0.4, -0.2) is 49.3 Å². The van der Waals surface area contributed by atoms with Crippen LogP contribution in [0.15, 0.2) is 29.3 Å². The van der Waals surface area contributed by atoms with E-state index in [1.807, 2.05) is 6.07 Å². The maximum atomic E-state index is 12.0. The summed E-state index contributed by atoms with van der Waals surface area (Å²) >= 11 is 0. The van der Waals surface area contributed by atoms with Crippen molar-refractivity contribution in [3.8, 4) is 0 Å². The van der Waals surface area contributed by atoms with E-state index in [0.29, 0.717) is 12.5 Å². The molecule has 7 nitrogen and oxygen atoms in total. The second kappa shape index (κ2) is 6.23. The summed E-state index contributed by atoms with van der Waals surface area (Å²) in [5.74, 6) is 0.487. The molecule has 0 N–H and O–H groups in total. The summed E-state index contributed by atoms with van der Waals surface area (Å²) in [4.78, 5) is 16.1. The van der Waals surface area contributed by atoms with Gasteiger partial charge >= 0.3 is 0 Å². The summed E-state index contributed by atoms with van der Waals surface area (Å²) in [6.07, 6.45) is 3.39. The molecule has 1 aliphatic rings. The molecule has 1 fully saturated rings. The van der Waals surface area contributed by atoms with E-state index in [0.717, 1.165) is 31.9 Å². The molecule has 2 aromatic rings. The van der Waals surface area contributed by atoms with Gasteiger partial charge in [0.25, 0.3) is 5.56 Å². The van der Waals surface area contributed by atoms with Crippen molar-refractivity contribution < 1.29 is 0 Å². The highest BCUT2D eigenvalue weighted by molar-refractivity contribution is 5.10. The fraction of sp³-hybridized carbons (Fsp3) is 0.625. The van der Waals surface area contributed by atoms with Gasteiger partial charge in [-0.15, -0.1) is 0 Å².